The molecule has 3 nitrogen and oxygen atoms in total. The standard InChI is InChI=1S/C29H26N2O/c1-19(2)20-14-16-22(17-15-20)29-31-27(25-11-5-6-13-28(25)32-29)18-26(30-31)24-12-7-9-21-8-3-4-10-23(21)24/h3-17,19,27,29H,18H2,1-2H3/t27-,29-/m1/s1. The van der Waals surface area contributed by atoms with E-state index in [0.29, 0.717) is 5.92 Å². The van der Waals surface area contributed by atoms with Gasteiger partial charge in [0, 0.05) is 23.1 Å². The molecule has 0 fully saturated rings. The summed E-state index contributed by atoms with van der Waals surface area (Å²) in [7, 11) is 0. The van der Waals surface area contributed by atoms with Crippen LogP contribution in [0.15, 0.2) is 96.1 Å². The zero-order chi connectivity index (χ0) is 21.7. The summed E-state index contributed by atoms with van der Waals surface area (Å²) in [5, 5.41) is 9.84. The molecule has 0 radical (unpaired) electrons. The van der Waals surface area contributed by atoms with Crippen molar-refractivity contribution in [3.05, 3.63) is 113 Å². The normalized spacial score (nSPS) is 19.5. The lowest BCUT2D eigenvalue weighted by atomic mass is 9.93. The van der Waals surface area contributed by atoms with Crippen molar-refractivity contribution in [2.75, 3.05) is 0 Å². The monoisotopic (exact) mass is 418 g/mol. The molecule has 0 saturated heterocycles. The third-order valence-electron chi connectivity index (χ3n) is 6.69. The van der Waals surface area contributed by atoms with E-state index in [-0.39, 0.29) is 12.3 Å². The number of benzene rings is 4. The molecule has 4 aromatic carbocycles. The molecular weight excluding hydrogens is 392 g/mol. The fourth-order valence-electron chi connectivity index (χ4n) is 4.94. The first-order chi connectivity index (χ1) is 15.7. The molecule has 158 valence electrons. The van der Waals surface area contributed by atoms with Crippen LogP contribution in [0.1, 0.15) is 60.7 Å². The Morgan fingerprint density at radius 1 is 0.844 bits per heavy atom. The molecule has 0 N–H and O–H groups in total. The van der Waals surface area contributed by atoms with Gasteiger partial charge in [-0.15, -0.1) is 0 Å². The molecule has 0 aliphatic carbocycles. The summed E-state index contributed by atoms with van der Waals surface area (Å²) in [4.78, 5) is 0. The highest BCUT2D eigenvalue weighted by Gasteiger charge is 2.41. The first-order valence-corrected chi connectivity index (χ1v) is 11.4. The molecule has 2 aliphatic heterocycles. The van der Waals surface area contributed by atoms with Gasteiger partial charge in [-0.05, 0) is 28.3 Å². The summed E-state index contributed by atoms with van der Waals surface area (Å²) in [6.07, 6.45) is 0.637. The van der Waals surface area contributed by atoms with Gasteiger partial charge in [-0.25, -0.2) is 5.01 Å². The lowest BCUT2D eigenvalue weighted by molar-refractivity contribution is -0.0190. The van der Waals surface area contributed by atoms with Crippen LogP contribution < -0.4 is 4.74 Å². The molecule has 2 atom stereocenters. The summed E-state index contributed by atoms with van der Waals surface area (Å²) in [6.45, 7) is 4.44. The van der Waals surface area contributed by atoms with Gasteiger partial charge in [0.2, 0.25) is 6.23 Å². The quantitative estimate of drug-likeness (QED) is 0.351. The Morgan fingerprint density at radius 2 is 1.59 bits per heavy atom. The minimum Gasteiger partial charge on any atom is -0.464 e. The molecule has 2 heterocycles. The largest absolute Gasteiger partial charge is 0.464 e. The van der Waals surface area contributed by atoms with E-state index in [1.165, 1.54) is 27.5 Å². The molecule has 2 aliphatic rings. The van der Waals surface area contributed by atoms with Crippen LogP contribution in [0.25, 0.3) is 10.8 Å². The summed E-state index contributed by atoms with van der Waals surface area (Å²) in [5.74, 6) is 1.47. The summed E-state index contributed by atoms with van der Waals surface area (Å²) >= 11 is 0. The predicted octanol–water partition coefficient (Wildman–Crippen LogP) is 7.21. The highest BCUT2D eigenvalue weighted by Crippen LogP contribution is 2.47. The Labute approximate surface area is 189 Å². The predicted molar refractivity (Wildman–Crippen MR) is 130 cm³/mol. The lowest BCUT2D eigenvalue weighted by Crippen LogP contribution is -2.33. The second kappa shape index (κ2) is 7.52. The minimum absolute atomic E-state index is 0.170. The Hall–Kier alpha value is -3.59. The van der Waals surface area contributed by atoms with Crippen LogP contribution in [0.2, 0.25) is 0 Å². The van der Waals surface area contributed by atoms with Gasteiger partial charge in [0.15, 0.2) is 0 Å². The SMILES string of the molecule is CC(C)c1ccc([C@H]2Oc3ccccc3[C@H]3CC(c4cccc5ccccc45)=NN32)cc1. The number of rotatable bonds is 3. The van der Waals surface area contributed by atoms with E-state index in [1.54, 1.807) is 0 Å². The van der Waals surface area contributed by atoms with Crippen LogP contribution in [0.4, 0.5) is 0 Å². The smallest absolute Gasteiger partial charge is 0.213 e. The Bertz CT molecular complexity index is 1320. The van der Waals surface area contributed by atoms with Crippen molar-refractivity contribution >= 4 is 16.5 Å². The molecule has 0 unspecified atom stereocenters. The fraction of sp³-hybridized carbons (Fsp3) is 0.207. The summed E-state index contributed by atoms with van der Waals surface area (Å²) in [5.41, 5.74) is 6.01. The average molecular weight is 419 g/mol. The van der Waals surface area contributed by atoms with Crippen molar-refractivity contribution in [3.63, 3.8) is 0 Å². The van der Waals surface area contributed by atoms with Gasteiger partial charge in [-0.3, -0.25) is 0 Å². The fourth-order valence-corrected chi connectivity index (χ4v) is 4.94. The van der Waals surface area contributed by atoms with Crippen LogP contribution >= 0.6 is 0 Å². The molecule has 0 bridgehead atoms. The zero-order valence-electron chi connectivity index (χ0n) is 18.4. The summed E-state index contributed by atoms with van der Waals surface area (Å²) in [6, 6.07) is 32.4. The highest BCUT2D eigenvalue weighted by atomic mass is 16.5. The minimum atomic E-state index is -0.233. The zero-order valence-corrected chi connectivity index (χ0v) is 18.4. The van der Waals surface area contributed by atoms with Crippen LogP contribution in [0.5, 0.6) is 5.75 Å². The number of hydrogen-bond donors (Lipinski definition) is 0. The maximum Gasteiger partial charge on any atom is 0.213 e. The molecule has 32 heavy (non-hydrogen) atoms. The molecule has 0 aromatic heterocycles. The first-order valence-electron chi connectivity index (χ1n) is 11.4. The molecule has 0 saturated carbocycles. The molecule has 6 rings (SSSR count). The Kier molecular flexibility index (Phi) is 4.50. The van der Waals surface area contributed by atoms with Crippen molar-refractivity contribution in [3.8, 4) is 5.75 Å². The Balaban J connectivity index is 1.45. The average Bonchev–Trinajstić information content (AvgIpc) is 3.29. The van der Waals surface area contributed by atoms with E-state index in [4.69, 9.17) is 9.84 Å². The van der Waals surface area contributed by atoms with Crippen LogP contribution in [-0.2, 0) is 0 Å². The van der Waals surface area contributed by atoms with Gasteiger partial charge in [0.1, 0.15) is 5.75 Å². The van der Waals surface area contributed by atoms with Crippen LogP contribution in [0.3, 0.4) is 0 Å². The van der Waals surface area contributed by atoms with Gasteiger partial charge in [-0.2, -0.15) is 5.10 Å². The number of para-hydroxylation sites is 1. The van der Waals surface area contributed by atoms with Crippen molar-refractivity contribution in [2.24, 2.45) is 5.10 Å². The van der Waals surface area contributed by atoms with E-state index >= 15 is 0 Å². The molecule has 0 spiro atoms. The van der Waals surface area contributed by atoms with Gasteiger partial charge in [0.25, 0.3) is 0 Å². The maximum absolute atomic E-state index is 6.52. The van der Waals surface area contributed by atoms with E-state index in [0.717, 1.165) is 23.4 Å². The van der Waals surface area contributed by atoms with Gasteiger partial charge in [-0.1, -0.05) is 98.8 Å². The Morgan fingerprint density at radius 3 is 2.44 bits per heavy atom. The van der Waals surface area contributed by atoms with E-state index < -0.39 is 0 Å². The van der Waals surface area contributed by atoms with Crippen LogP contribution in [0, 0.1) is 0 Å². The topological polar surface area (TPSA) is 24.8 Å². The molecule has 0 amide bonds. The van der Waals surface area contributed by atoms with E-state index in [9.17, 15) is 0 Å². The first kappa shape index (κ1) is 19.1. The maximum atomic E-state index is 6.52. The van der Waals surface area contributed by atoms with Crippen molar-refractivity contribution in [1.29, 1.82) is 0 Å². The van der Waals surface area contributed by atoms with Crippen LogP contribution in [-0.4, -0.2) is 10.7 Å². The van der Waals surface area contributed by atoms with Gasteiger partial charge >= 0.3 is 0 Å². The molecular formula is C29H26N2O. The van der Waals surface area contributed by atoms with Crippen molar-refractivity contribution < 1.29 is 4.74 Å². The van der Waals surface area contributed by atoms with Gasteiger partial charge < -0.3 is 4.74 Å². The third kappa shape index (κ3) is 3.08. The second-order valence-corrected chi connectivity index (χ2v) is 9.00. The number of hydrogen-bond acceptors (Lipinski definition) is 3. The van der Waals surface area contributed by atoms with Crippen molar-refractivity contribution in [1.82, 2.24) is 5.01 Å². The molecule has 3 heteroatoms. The lowest BCUT2D eigenvalue weighted by Gasteiger charge is -2.38. The number of ether oxygens (including phenoxy) is 1. The van der Waals surface area contributed by atoms with Gasteiger partial charge in [0.05, 0.1) is 11.8 Å². The number of nitrogens with zero attached hydrogens (tertiary/aromatic N) is 2. The van der Waals surface area contributed by atoms with E-state index in [2.05, 4.69) is 110 Å². The van der Waals surface area contributed by atoms with E-state index in [1.807, 2.05) is 0 Å². The second-order valence-electron chi connectivity index (χ2n) is 9.00. The summed E-state index contributed by atoms with van der Waals surface area (Å²) < 4.78 is 6.52. The third-order valence-corrected chi connectivity index (χ3v) is 6.69. The highest BCUT2D eigenvalue weighted by molar-refractivity contribution is 6.11. The number of hydrazone groups is 1. The number of fused-ring (bicyclic) bond motifs is 4. The van der Waals surface area contributed by atoms with Crippen molar-refractivity contribution in [2.45, 2.75) is 38.5 Å². The molecule has 4 aromatic rings.